The fourth-order valence-corrected chi connectivity index (χ4v) is 2.07. The summed E-state index contributed by atoms with van der Waals surface area (Å²) in [6.07, 6.45) is 10.7. The number of aliphatic hydroxyl groups is 1. The van der Waals surface area contributed by atoms with Crippen LogP contribution in [0.3, 0.4) is 0 Å². The first-order valence-corrected chi connectivity index (χ1v) is 7.80. The zero-order chi connectivity index (χ0) is 14.3. The van der Waals surface area contributed by atoms with Gasteiger partial charge in [0.2, 0.25) is 0 Å². The summed E-state index contributed by atoms with van der Waals surface area (Å²) < 4.78 is 0. The highest BCUT2D eigenvalue weighted by atomic mass is 16.4. The summed E-state index contributed by atoms with van der Waals surface area (Å²) in [5.41, 5.74) is 0. The van der Waals surface area contributed by atoms with Crippen molar-refractivity contribution in [1.29, 1.82) is 0 Å². The number of carboxylic acids is 1. The van der Waals surface area contributed by atoms with Crippen LogP contribution in [-0.2, 0) is 4.79 Å². The van der Waals surface area contributed by atoms with Gasteiger partial charge in [-0.2, -0.15) is 0 Å². The Bertz CT molecular complexity index is 210. The summed E-state index contributed by atoms with van der Waals surface area (Å²) >= 11 is 0. The SMILES string of the molecule is CCCCCCCCC(O)NCCCCCC(=O)O. The molecule has 0 amide bonds. The molecule has 0 aliphatic carbocycles. The minimum Gasteiger partial charge on any atom is -0.481 e. The smallest absolute Gasteiger partial charge is 0.303 e. The predicted molar refractivity (Wildman–Crippen MR) is 78.1 cm³/mol. The highest BCUT2D eigenvalue weighted by Gasteiger charge is 2.02. The molecule has 0 aromatic carbocycles. The predicted octanol–water partition coefficient (Wildman–Crippen LogP) is 3.29. The number of aliphatic carboxylic acids is 1. The summed E-state index contributed by atoms with van der Waals surface area (Å²) in [6, 6.07) is 0. The van der Waals surface area contributed by atoms with Gasteiger partial charge in [0.15, 0.2) is 0 Å². The van der Waals surface area contributed by atoms with E-state index in [1.165, 1.54) is 32.1 Å². The molecule has 0 radical (unpaired) electrons. The Labute approximate surface area is 117 Å². The number of carbonyl (C=O) groups is 1. The maximum atomic E-state index is 10.3. The van der Waals surface area contributed by atoms with E-state index in [0.29, 0.717) is 0 Å². The molecule has 0 bridgehead atoms. The molecule has 1 unspecified atom stereocenters. The minimum absolute atomic E-state index is 0.250. The van der Waals surface area contributed by atoms with Crippen molar-refractivity contribution in [2.75, 3.05) is 6.54 Å². The van der Waals surface area contributed by atoms with E-state index in [9.17, 15) is 9.90 Å². The minimum atomic E-state index is -0.726. The van der Waals surface area contributed by atoms with Crippen molar-refractivity contribution in [3.63, 3.8) is 0 Å². The molecule has 19 heavy (non-hydrogen) atoms. The number of hydrogen-bond acceptors (Lipinski definition) is 3. The Hall–Kier alpha value is -0.610. The Morgan fingerprint density at radius 2 is 1.63 bits per heavy atom. The van der Waals surface area contributed by atoms with Gasteiger partial charge in [-0.25, -0.2) is 0 Å². The normalized spacial score (nSPS) is 12.5. The van der Waals surface area contributed by atoms with Gasteiger partial charge in [-0.05, 0) is 32.2 Å². The second-order valence-corrected chi connectivity index (χ2v) is 5.23. The first-order chi connectivity index (χ1) is 9.16. The molecule has 0 saturated carbocycles. The van der Waals surface area contributed by atoms with Crippen molar-refractivity contribution >= 4 is 5.97 Å². The van der Waals surface area contributed by atoms with Crippen LogP contribution in [0.15, 0.2) is 0 Å². The molecule has 0 saturated heterocycles. The average molecular weight is 273 g/mol. The van der Waals surface area contributed by atoms with E-state index < -0.39 is 12.2 Å². The van der Waals surface area contributed by atoms with Crippen LogP contribution in [-0.4, -0.2) is 29.0 Å². The number of rotatable bonds is 14. The fraction of sp³-hybridized carbons (Fsp3) is 0.933. The number of carboxylic acid groups (broad SMARTS) is 1. The van der Waals surface area contributed by atoms with Crippen molar-refractivity contribution in [3.05, 3.63) is 0 Å². The molecule has 0 aromatic rings. The molecule has 3 N–H and O–H groups in total. The molecular weight excluding hydrogens is 242 g/mol. The number of nitrogens with one attached hydrogen (secondary N) is 1. The van der Waals surface area contributed by atoms with Crippen molar-refractivity contribution in [3.8, 4) is 0 Å². The van der Waals surface area contributed by atoms with E-state index in [4.69, 9.17) is 5.11 Å². The monoisotopic (exact) mass is 273 g/mol. The number of unbranched alkanes of at least 4 members (excludes halogenated alkanes) is 7. The molecule has 1 atom stereocenters. The fourth-order valence-electron chi connectivity index (χ4n) is 2.07. The van der Waals surface area contributed by atoms with E-state index >= 15 is 0 Å². The van der Waals surface area contributed by atoms with Crippen LogP contribution in [0.1, 0.15) is 77.6 Å². The van der Waals surface area contributed by atoms with Crippen molar-refractivity contribution in [2.24, 2.45) is 0 Å². The summed E-state index contributed by atoms with van der Waals surface area (Å²) in [7, 11) is 0. The van der Waals surface area contributed by atoms with E-state index in [1.54, 1.807) is 0 Å². The van der Waals surface area contributed by atoms with Crippen LogP contribution >= 0.6 is 0 Å². The lowest BCUT2D eigenvalue weighted by Crippen LogP contribution is -2.29. The van der Waals surface area contributed by atoms with Crippen molar-refractivity contribution in [1.82, 2.24) is 5.32 Å². The molecule has 0 heterocycles. The van der Waals surface area contributed by atoms with Crippen molar-refractivity contribution in [2.45, 2.75) is 83.8 Å². The standard InChI is InChI=1S/C15H31NO3/c1-2-3-4-5-6-8-11-14(17)16-13-10-7-9-12-15(18)19/h14,16-17H,2-13H2,1H3,(H,18,19). The van der Waals surface area contributed by atoms with Crippen LogP contribution in [0.5, 0.6) is 0 Å². The van der Waals surface area contributed by atoms with E-state index in [2.05, 4.69) is 12.2 Å². The maximum absolute atomic E-state index is 10.3. The molecule has 4 nitrogen and oxygen atoms in total. The van der Waals surface area contributed by atoms with E-state index in [0.717, 1.165) is 38.6 Å². The Morgan fingerprint density at radius 1 is 1.00 bits per heavy atom. The summed E-state index contributed by atoms with van der Waals surface area (Å²) in [5.74, 6) is -0.726. The lowest BCUT2D eigenvalue weighted by molar-refractivity contribution is -0.137. The van der Waals surface area contributed by atoms with Gasteiger partial charge in [0, 0.05) is 6.42 Å². The Balaban J connectivity index is 3.16. The molecule has 4 heteroatoms. The van der Waals surface area contributed by atoms with Gasteiger partial charge in [-0.1, -0.05) is 45.4 Å². The first kappa shape index (κ1) is 18.4. The molecule has 0 aliphatic heterocycles. The second-order valence-electron chi connectivity index (χ2n) is 5.23. The van der Waals surface area contributed by atoms with Crippen molar-refractivity contribution < 1.29 is 15.0 Å². The molecular formula is C15H31NO3. The molecule has 0 fully saturated rings. The first-order valence-electron chi connectivity index (χ1n) is 7.80. The third-order valence-electron chi connectivity index (χ3n) is 3.28. The average Bonchev–Trinajstić information content (AvgIpc) is 2.37. The molecule has 0 spiro atoms. The van der Waals surface area contributed by atoms with Gasteiger partial charge in [-0.3, -0.25) is 10.1 Å². The lowest BCUT2D eigenvalue weighted by Gasteiger charge is -2.12. The van der Waals surface area contributed by atoms with Gasteiger partial charge in [0.1, 0.15) is 6.23 Å². The summed E-state index contributed by atoms with van der Waals surface area (Å²) in [6.45, 7) is 2.99. The zero-order valence-corrected chi connectivity index (χ0v) is 12.4. The largest absolute Gasteiger partial charge is 0.481 e. The van der Waals surface area contributed by atoms with E-state index in [-0.39, 0.29) is 6.42 Å². The van der Waals surface area contributed by atoms with Crippen LogP contribution in [0, 0.1) is 0 Å². The topological polar surface area (TPSA) is 69.6 Å². The van der Waals surface area contributed by atoms with Crippen LogP contribution < -0.4 is 5.32 Å². The number of hydrogen-bond donors (Lipinski definition) is 3. The van der Waals surface area contributed by atoms with Crippen LogP contribution in [0.4, 0.5) is 0 Å². The highest BCUT2D eigenvalue weighted by molar-refractivity contribution is 5.66. The van der Waals surface area contributed by atoms with Gasteiger partial charge < -0.3 is 10.2 Å². The quantitative estimate of drug-likeness (QED) is 0.335. The molecule has 0 aliphatic rings. The summed E-state index contributed by atoms with van der Waals surface area (Å²) in [4.78, 5) is 10.3. The van der Waals surface area contributed by atoms with Crippen LogP contribution in [0.25, 0.3) is 0 Å². The van der Waals surface area contributed by atoms with E-state index in [1.807, 2.05) is 0 Å². The highest BCUT2D eigenvalue weighted by Crippen LogP contribution is 2.08. The third kappa shape index (κ3) is 15.3. The molecule has 0 rings (SSSR count). The molecule has 114 valence electrons. The lowest BCUT2D eigenvalue weighted by atomic mass is 10.1. The Morgan fingerprint density at radius 3 is 2.32 bits per heavy atom. The second kappa shape index (κ2) is 13.8. The van der Waals surface area contributed by atoms with Gasteiger partial charge in [-0.15, -0.1) is 0 Å². The Kier molecular flexibility index (Phi) is 13.4. The molecule has 0 aromatic heterocycles. The van der Waals surface area contributed by atoms with Gasteiger partial charge in [0.05, 0.1) is 0 Å². The zero-order valence-electron chi connectivity index (χ0n) is 12.4. The van der Waals surface area contributed by atoms with Gasteiger partial charge >= 0.3 is 5.97 Å². The summed E-state index contributed by atoms with van der Waals surface area (Å²) in [5, 5.41) is 21.2. The third-order valence-corrected chi connectivity index (χ3v) is 3.28. The number of aliphatic hydroxyl groups excluding tert-OH is 1. The maximum Gasteiger partial charge on any atom is 0.303 e. The van der Waals surface area contributed by atoms with Crippen LogP contribution in [0.2, 0.25) is 0 Å². The van der Waals surface area contributed by atoms with Gasteiger partial charge in [0.25, 0.3) is 0 Å².